The lowest BCUT2D eigenvalue weighted by molar-refractivity contribution is -0.127. The summed E-state index contributed by atoms with van der Waals surface area (Å²) in [7, 11) is 0. The Morgan fingerprint density at radius 3 is 2.60 bits per heavy atom. The predicted molar refractivity (Wildman–Crippen MR) is 52.6 cm³/mol. The third-order valence-corrected chi connectivity index (χ3v) is 2.10. The molecule has 0 atom stereocenters. The minimum Gasteiger partial charge on any atom is -0.448 e. The number of hydrogen-bond acceptors (Lipinski definition) is 4. The minimum atomic E-state index is -0.699. The fourth-order valence-corrected chi connectivity index (χ4v) is 1.36. The summed E-state index contributed by atoms with van der Waals surface area (Å²) >= 11 is 5.35. The molecule has 1 rings (SSSR count). The first-order valence-corrected chi connectivity index (χ1v) is 4.98. The van der Waals surface area contributed by atoms with Gasteiger partial charge in [-0.25, -0.2) is 4.79 Å². The number of carbonyl (C=O) groups excluding carboxylic acids is 2. The van der Waals surface area contributed by atoms with Crippen LogP contribution in [0.4, 0.5) is 4.79 Å². The number of primary amides is 1. The first-order valence-electron chi connectivity index (χ1n) is 4.45. The van der Waals surface area contributed by atoms with Gasteiger partial charge in [0.25, 0.3) is 0 Å². The van der Waals surface area contributed by atoms with E-state index in [1.165, 1.54) is 0 Å². The van der Waals surface area contributed by atoms with Crippen molar-refractivity contribution in [2.24, 2.45) is 5.73 Å². The fourth-order valence-electron chi connectivity index (χ4n) is 1.28. The van der Waals surface area contributed by atoms with E-state index in [1.807, 2.05) is 0 Å². The molecule has 1 aliphatic rings. The zero-order valence-corrected chi connectivity index (χ0v) is 8.88. The van der Waals surface area contributed by atoms with Gasteiger partial charge in [-0.3, -0.25) is 4.79 Å². The molecule has 0 saturated carbocycles. The van der Waals surface area contributed by atoms with Gasteiger partial charge in [0, 0.05) is 0 Å². The van der Waals surface area contributed by atoms with Crippen LogP contribution in [-0.4, -0.2) is 43.2 Å². The molecule has 0 bridgehead atoms. The van der Waals surface area contributed by atoms with Crippen molar-refractivity contribution >= 4 is 23.6 Å². The molecule has 1 aliphatic heterocycles. The lowest BCUT2D eigenvalue weighted by atomic mass is 9.93. The summed E-state index contributed by atoms with van der Waals surface area (Å²) in [5.41, 5.74) is 4.36. The number of amides is 2. The molecule has 2 amide bonds. The smallest absolute Gasteiger partial charge is 0.407 e. The van der Waals surface area contributed by atoms with Crippen LogP contribution >= 0.6 is 11.6 Å². The zero-order valence-electron chi connectivity index (χ0n) is 8.12. The molecule has 0 aromatic carbocycles. The van der Waals surface area contributed by atoms with Crippen molar-refractivity contribution in [3.63, 3.8) is 0 Å². The summed E-state index contributed by atoms with van der Waals surface area (Å²) in [5.74, 6) is -0.261. The molecule has 0 radical (unpaired) electrons. The molecule has 0 aromatic rings. The van der Waals surface area contributed by atoms with Gasteiger partial charge in [-0.2, -0.15) is 0 Å². The third kappa shape index (κ3) is 3.56. The predicted octanol–water partition coefficient (Wildman–Crippen LogP) is -0.404. The van der Waals surface area contributed by atoms with Crippen LogP contribution in [0.25, 0.3) is 0 Å². The Morgan fingerprint density at radius 2 is 2.20 bits per heavy atom. The number of halogens is 1. The molecule has 0 aromatic heterocycles. The van der Waals surface area contributed by atoms with Crippen LogP contribution in [0.5, 0.6) is 0 Å². The van der Waals surface area contributed by atoms with Gasteiger partial charge in [0.2, 0.25) is 5.91 Å². The average molecular weight is 237 g/mol. The van der Waals surface area contributed by atoms with Crippen molar-refractivity contribution in [3.8, 4) is 0 Å². The van der Waals surface area contributed by atoms with Gasteiger partial charge < -0.3 is 20.5 Å². The summed E-state index contributed by atoms with van der Waals surface area (Å²) in [6, 6.07) is 0. The van der Waals surface area contributed by atoms with E-state index in [0.717, 1.165) is 0 Å². The number of nitrogens with one attached hydrogen (secondary N) is 1. The molecule has 15 heavy (non-hydrogen) atoms. The van der Waals surface area contributed by atoms with E-state index in [9.17, 15) is 9.59 Å². The van der Waals surface area contributed by atoms with Crippen LogP contribution < -0.4 is 11.1 Å². The number of alkyl halides is 1. The van der Waals surface area contributed by atoms with Crippen molar-refractivity contribution in [1.82, 2.24) is 5.32 Å². The van der Waals surface area contributed by atoms with Crippen LogP contribution in [0.3, 0.4) is 0 Å². The van der Waals surface area contributed by atoms with E-state index in [0.29, 0.717) is 0 Å². The Labute approximate surface area is 92.0 Å². The Balaban J connectivity index is 2.38. The lowest BCUT2D eigenvalue weighted by Gasteiger charge is -2.40. The molecule has 3 N–H and O–H groups in total. The van der Waals surface area contributed by atoms with E-state index < -0.39 is 17.5 Å². The molecule has 7 heteroatoms. The molecule has 86 valence electrons. The molecule has 0 aliphatic carbocycles. The van der Waals surface area contributed by atoms with Crippen LogP contribution in [0.2, 0.25) is 0 Å². The van der Waals surface area contributed by atoms with Crippen molar-refractivity contribution in [2.45, 2.75) is 12.0 Å². The number of rotatable bonds is 5. The van der Waals surface area contributed by atoms with E-state index in [4.69, 9.17) is 26.8 Å². The normalized spacial score (nSPS) is 17.7. The second kappa shape index (κ2) is 5.18. The number of ether oxygens (including phenoxy) is 2. The minimum absolute atomic E-state index is 0.0446. The Kier molecular flexibility index (Phi) is 4.16. The highest BCUT2D eigenvalue weighted by Gasteiger charge is 2.41. The topological polar surface area (TPSA) is 90.7 Å². The summed E-state index contributed by atoms with van der Waals surface area (Å²) in [4.78, 5) is 21.9. The number of alkyl carbamates (subject to hydrolysis) is 1. The molecular weight excluding hydrogens is 224 g/mol. The van der Waals surface area contributed by atoms with Gasteiger partial charge in [0.15, 0.2) is 0 Å². The molecule has 1 saturated heterocycles. The Morgan fingerprint density at radius 1 is 1.53 bits per heavy atom. The third-order valence-electron chi connectivity index (χ3n) is 1.95. The monoisotopic (exact) mass is 236 g/mol. The standard InChI is InChI=1S/C8H13ClN2O4/c9-1-2-15-7(13)11-8(3-6(10)12)4-14-5-8/h1-5H2,(H2,10,12)(H,11,13). The Hall–Kier alpha value is -1.01. The first kappa shape index (κ1) is 12.1. The van der Waals surface area contributed by atoms with Crippen LogP contribution in [0.15, 0.2) is 0 Å². The van der Waals surface area contributed by atoms with Gasteiger partial charge in [0.1, 0.15) is 6.61 Å². The van der Waals surface area contributed by atoms with E-state index in [1.54, 1.807) is 0 Å². The summed E-state index contributed by atoms with van der Waals surface area (Å²) in [6.45, 7) is 0.665. The number of nitrogens with two attached hydrogens (primary N) is 1. The lowest BCUT2D eigenvalue weighted by Crippen LogP contribution is -2.63. The quantitative estimate of drug-likeness (QED) is 0.636. The van der Waals surface area contributed by atoms with E-state index in [2.05, 4.69) is 5.32 Å². The van der Waals surface area contributed by atoms with Gasteiger partial charge in [-0.05, 0) is 0 Å². The van der Waals surface area contributed by atoms with Gasteiger partial charge in [-0.1, -0.05) is 0 Å². The van der Waals surface area contributed by atoms with Crippen LogP contribution in [0.1, 0.15) is 6.42 Å². The van der Waals surface area contributed by atoms with Crippen molar-refractivity contribution in [3.05, 3.63) is 0 Å². The maximum atomic E-state index is 11.2. The van der Waals surface area contributed by atoms with Crippen molar-refractivity contribution < 1.29 is 19.1 Å². The van der Waals surface area contributed by atoms with Gasteiger partial charge in [-0.15, -0.1) is 11.6 Å². The van der Waals surface area contributed by atoms with Crippen molar-refractivity contribution in [2.75, 3.05) is 25.7 Å². The second-order valence-corrected chi connectivity index (χ2v) is 3.74. The molecule has 1 heterocycles. The average Bonchev–Trinajstić information content (AvgIpc) is 2.10. The zero-order chi connectivity index (χ0) is 11.3. The molecule has 0 unspecified atom stereocenters. The molecule has 6 nitrogen and oxygen atoms in total. The highest BCUT2D eigenvalue weighted by atomic mass is 35.5. The van der Waals surface area contributed by atoms with Crippen LogP contribution in [-0.2, 0) is 14.3 Å². The maximum absolute atomic E-state index is 11.2. The largest absolute Gasteiger partial charge is 0.448 e. The second-order valence-electron chi connectivity index (χ2n) is 3.37. The van der Waals surface area contributed by atoms with Gasteiger partial charge >= 0.3 is 6.09 Å². The summed E-state index contributed by atoms with van der Waals surface area (Å²) in [6.07, 6.45) is -0.566. The van der Waals surface area contributed by atoms with Crippen LogP contribution in [0, 0.1) is 0 Å². The van der Waals surface area contributed by atoms with Gasteiger partial charge in [0.05, 0.1) is 31.1 Å². The molecular formula is C8H13ClN2O4. The molecule has 0 spiro atoms. The van der Waals surface area contributed by atoms with E-state index >= 15 is 0 Å². The number of hydrogen-bond donors (Lipinski definition) is 2. The number of carbonyl (C=O) groups is 2. The summed E-state index contributed by atoms with van der Waals surface area (Å²) < 4.78 is 9.65. The van der Waals surface area contributed by atoms with E-state index in [-0.39, 0.29) is 32.1 Å². The Bertz CT molecular complexity index is 255. The highest BCUT2D eigenvalue weighted by Crippen LogP contribution is 2.20. The molecule has 1 fully saturated rings. The first-order chi connectivity index (χ1) is 7.08. The van der Waals surface area contributed by atoms with Crippen molar-refractivity contribution in [1.29, 1.82) is 0 Å². The summed E-state index contributed by atoms with van der Waals surface area (Å²) in [5, 5.41) is 2.55. The fraction of sp³-hybridized carbons (Fsp3) is 0.750. The maximum Gasteiger partial charge on any atom is 0.407 e. The SMILES string of the molecule is NC(=O)CC1(NC(=O)OCCCl)COC1. The highest BCUT2D eigenvalue weighted by molar-refractivity contribution is 6.18.